The van der Waals surface area contributed by atoms with Crippen LogP contribution in [-0.2, 0) is 19.1 Å². The molecule has 4 unspecified atom stereocenters. The van der Waals surface area contributed by atoms with Gasteiger partial charge in [0, 0.05) is 17.1 Å². The highest BCUT2D eigenvalue weighted by atomic mass is 16.6. The minimum absolute atomic E-state index is 0.140. The van der Waals surface area contributed by atoms with Crippen molar-refractivity contribution in [1.29, 1.82) is 0 Å². The van der Waals surface area contributed by atoms with Gasteiger partial charge < -0.3 is 20.1 Å². The number of ether oxygens (including phenoxy) is 1. The summed E-state index contributed by atoms with van der Waals surface area (Å²) in [6.45, 7) is 3.17. The summed E-state index contributed by atoms with van der Waals surface area (Å²) in [6.07, 6.45) is 7.63. The van der Waals surface area contributed by atoms with Crippen molar-refractivity contribution >= 4 is 17.9 Å². The number of cyclic esters (lactones) is 1. The van der Waals surface area contributed by atoms with Gasteiger partial charge in [0.1, 0.15) is 11.0 Å². The van der Waals surface area contributed by atoms with Crippen molar-refractivity contribution in [1.82, 2.24) is 0 Å². The highest BCUT2D eigenvalue weighted by Crippen LogP contribution is 2.63. The molecule has 0 radical (unpaired) electrons. The Morgan fingerprint density at radius 1 is 1.30 bits per heavy atom. The van der Waals surface area contributed by atoms with Gasteiger partial charge in [0.25, 0.3) is 0 Å². The number of carbonyl (C=O) groups is 3. The van der Waals surface area contributed by atoms with Crippen molar-refractivity contribution in [2.45, 2.75) is 57.2 Å². The van der Waals surface area contributed by atoms with Crippen molar-refractivity contribution in [3.63, 3.8) is 0 Å². The summed E-state index contributed by atoms with van der Waals surface area (Å²) in [7, 11) is 0. The molecule has 3 N–H and O–H groups in total. The highest BCUT2D eigenvalue weighted by molar-refractivity contribution is 5.88. The maximum absolute atomic E-state index is 13.0. The molecular weight excluding hydrogens is 352 g/mol. The lowest BCUT2D eigenvalue weighted by Crippen LogP contribution is -2.63. The van der Waals surface area contributed by atoms with E-state index in [1.165, 1.54) is 19.1 Å². The molecule has 3 aliphatic rings. The average molecular weight is 376 g/mol. The Kier molecular flexibility index (Phi) is 4.54. The monoisotopic (exact) mass is 376 g/mol. The normalized spacial score (nSPS) is 38.8. The van der Waals surface area contributed by atoms with Crippen LogP contribution in [0.1, 0.15) is 46.0 Å². The Bertz CT molecular complexity index is 792. The van der Waals surface area contributed by atoms with E-state index < -0.39 is 34.5 Å². The molecule has 0 spiro atoms. The molecule has 1 saturated heterocycles. The number of hydrogen-bond donors (Lipinski definition) is 3. The van der Waals surface area contributed by atoms with Gasteiger partial charge >= 0.3 is 17.9 Å². The SMILES string of the molecule is CC(=CC=CC1(C)OC(=O)C23CC=C(C(=O)O)CCC2(O)C1CC3)C(=O)O. The maximum Gasteiger partial charge on any atom is 0.331 e. The first-order valence-corrected chi connectivity index (χ1v) is 9.03. The molecule has 1 saturated carbocycles. The van der Waals surface area contributed by atoms with Crippen molar-refractivity contribution in [2.24, 2.45) is 11.3 Å². The lowest BCUT2D eigenvalue weighted by molar-refractivity contribution is -0.224. The van der Waals surface area contributed by atoms with Crippen molar-refractivity contribution in [3.05, 3.63) is 35.5 Å². The van der Waals surface area contributed by atoms with Crippen LogP contribution in [0.15, 0.2) is 35.5 Å². The summed E-state index contributed by atoms with van der Waals surface area (Å²) in [5.41, 5.74) is -3.21. The zero-order chi connectivity index (χ0) is 20.0. The van der Waals surface area contributed by atoms with Gasteiger partial charge in [-0.1, -0.05) is 18.2 Å². The summed E-state index contributed by atoms with van der Waals surface area (Å²) in [4.78, 5) is 35.2. The molecule has 146 valence electrons. The third-order valence-corrected chi connectivity index (χ3v) is 6.52. The maximum atomic E-state index is 13.0. The fraction of sp³-hybridized carbons (Fsp3) is 0.550. The molecule has 1 aliphatic heterocycles. The lowest BCUT2D eigenvalue weighted by Gasteiger charge is -2.52. The van der Waals surface area contributed by atoms with E-state index in [1.54, 1.807) is 19.1 Å². The van der Waals surface area contributed by atoms with E-state index in [4.69, 9.17) is 9.84 Å². The summed E-state index contributed by atoms with van der Waals surface area (Å²) >= 11 is 0. The molecule has 4 atom stereocenters. The van der Waals surface area contributed by atoms with Crippen molar-refractivity contribution in [2.75, 3.05) is 0 Å². The number of aliphatic carboxylic acids is 2. The van der Waals surface area contributed by atoms with E-state index in [0.29, 0.717) is 12.8 Å². The second-order valence-corrected chi connectivity index (χ2v) is 7.92. The predicted molar refractivity (Wildman–Crippen MR) is 94.7 cm³/mol. The Labute approximate surface area is 157 Å². The van der Waals surface area contributed by atoms with E-state index >= 15 is 0 Å². The molecule has 2 bridgehead atoms. The van der Waals surface area contributed by atoms with Gasteiger partial charge in [-0.2, -0.15) is 0 Å². The smallest absolute Gasteiger partial charge is 0.331 e. The number of hydrogen-bond acceptors (Lipinski definition) is 5. The second kappa shape index (κ2) is 6.34. The molecule has 0 amide bonds. The lowest BCUT2D eigenvalue weighted by atomic mass is 9.62. The van der Waals surface area contributed by atoms with Crippen LogP contribution in [0.3, 0.4) is 0 Å². The van der Waals surface area contributed by atoms with Gasteiger partial charge in [-0.25, -0.2) is 9.59 Å². The summed E-state index contributed by atoms with van der Waals surface area (Å²) < 4.78 is 5.74. The number of carboxylic acid groups (broad SMARTS) is 2. The molecule has 2 aliphatic carbocycles. The van der Waals surface area contributed by atoms with Gasteiger partial charge in [0.15, 0.2) is 0 Å². The largest absolute Gasteiger partial charge is 0.478 e. The second-order valence-electron chi connectivity index (χ2n) is 7.92. The van der Waals surface area contributed by atoms with E-state index in [9.17, 15) is 24.6 Å². The van der Waals surface area contributed by atoms with Crippen LogP contribution in [0.5, 0.6) is 0 Å². The van der Waals surface area contributed by atoms with Crippen LogP contribution in [0, 0.1) is 11.3 Å². The molecule has 0 aromatic carbocycles. The quantitative estimate of drug-likeness (QED) is 0.391. The van der Waals surface area contributed by atoms with Crippen LogP contribution in [0.4, 0.5) is 0 Å². The zero-order valence-electron chi connectivity index (χ0n) is 15.4. The first-order valence-electron chi connectivity index (χ1n) is 9.03. The van der Waals surface area contributed by atoms with E-state index in [2.05, 4.69) is 0 Å². The molecule has 27 heavy (non-hydrogen) atoms. The Balaban J connectivity index is 1.97. The van der Waals surface area contributed by atoms with Crippen LogP contribution in [0.2, 0.25) is 0 Å². The fourth-order valence-corrected chi connectivity index (χ4v) is 4.89. The minimum Gasteiger partial charge on any atom is -0.478 e. The highest BCUT2D eigenvalue weighted by Gasteiger charge is 2.71. The molecular formula is C20H24O7. The Morgan fingerprint density at radius 2 is 2.00 bits per heavy atom. The number of aliphatic hydroxyl groups is 1. The van der Waals surface area contributed by atoms with E-state index in [-0.39, 0.29) is 36.3 Å². The van der Waals surface area contributed by atoms with Gasteiger partial charge in [0.05, 0.1) is 5.60 Å². The van der Waals surface area contributed by atoms with Crippen LogP contribution in [-0.4, -0.2) is 44.4 Å². The summed E-state index contributed by atoms with van der Waals surface area (Å²) in [6, 6.07) is 0. The Hall–Kier alpha value is -2.41. The first kappa shape index (κ1) is 19.4. The topological polar surface area (TPSA) is 121 Å². The molecule has 2 fully saturated rings. The zero-order valence-corrected chi connectivity index (χ0v) is 15.4. The molecule has 7 heteroatoms. The average Bonchev–Trinajstić information content (AvgIpc) is 2.70. The van der Waals surface area contributed by atoms with Gasteiger partial charge in [0.2, 0.25) is 0 Å². The number of carboxylic acids is 2. The van der Waals surface area contributed by atoms with Crippen LogP contribution >= 0.6 is 0 Å². The van der Waals surface area contributed by atoms with Gasteiger partial charge in [-0.3, -0.25) is 4.79 Å². The first-order chi connectivity index (χ1) is 12.6. The minimum atomic E-state index is -1.36. The molecule has 0 aromatic heterocycles. The molecule has 3 rings (SSSR count). The molecule has 7 nitrogen and oxygen atoms in total. The fourth-order valence-electron chi connectivity index (χ4n) is 4.89. The van der Waals surface area contributed by atoms with E-state index in [1.807, 2.05) is 0 Å². The van der Waals surface area contributed by atoms with Crippen molar-refractivity contribution in [3.8, 4) is 0 Å². The third kappa shape index (κ3) is 2.81. The van der Waals surface area contributed by atoms with Gasteiger partial charge in [-0.05, 0) is 52.0 Å². The number of rotatable bonds is 4. The summed E-state index contributed by atoms with van der Waals surface area (Å²) in [5, 5.41) is 29.8. The van der Waals surface area contributed by atoms with Crippen molar-refractivity contribution < 1.29 is 34.4 Å². The van der Waals surface area contributed by atoms with Crippen LogP contribution in [0.25, 0.3) is 0 Å². The van der Waals surface area contributed by atoms with E-state index in [0.717, 1.165) is 0 Å². The van der Waals surface area contributed by atoms with Crippen LogP contribution < -0.4 is 0 Å². The molecule has 1 heterocycles. The number of carbonyl (C=O) groups excluding carboxylic acids is 1. The predicted octanol–water partition coefficient (Wildman–Crippen LogP) is 2.21. The number of esters is 1. The molecule has 0 aromatic rings. The summed E-state index contributed by atoms with van der Waals surface area (Å²) in [5.74, 6) is -2.98. The van der Waals surface area contributed by atoms with Gasteiger partial charge in [-0.15, -0.1) is 0 Å². The third-order valence-electron chi connectivity index (χ3n) is 6.52. The number of allylic oxidation sites excluding steroid dienone is 3. The standard InChI is InChI=1S/C20H24O7/c1-12(15(21)22)4-3-8-18(2)14-7-10-19(17(25)27-18)9-5-13(16(23)24)6-11-20(14,19)26/h3-5,8,14,26H,6-7,9-11H2,1-2H3,(H,21,22)(H,23,24). The Morgan fingerprint density at radius 3 is 2.63 bits per heavy atom.